The first-order valence-corrected chi connectivity index (χ1v) is 9.67. The van der Waals surface area contributed by atoms with Gasteiger partial charge in [-0.15, -0.1) is 0 Å². The summed E-state index contributed by atoms with van der Waals surface area (Å²) in [5.74, 6) is 2.14. The minimum absolute atomic E-state index is 0.181. The molecule has 3 heterocycles. The van der Waals surface area contributed by atoms with Gasteiger partial charge in [-0.1, -0.05) is 48.5 Å². The second-order valence-electron chi connectivity index (χ2n) is 7.46. The Morgan fingerprint density at radius 3 is 2.50 bits per heavy atom. The Bertz CT molecular complexity index is 1210. The molecule has 0 amide bonds. The molecule has 0 unspecified atom stereocenters. The van der Waals surface area contributed by atoms with Crippen LogP contribution in [-0.4, -0.2) is 6.85 Å². The number of aryl methyl sites for hydroxylation is 1. The fourth-order valence-corrected chi connectivity index (χ4v) is 4.30. The summed E-state index contributed by atoms with van der Waals surface area (Å²) in [6.07, 6.45) is 4.30. The molecule has 28 heavy (non-hydrogen) atoms. The van der Waals surface area contributed by atoms with E-state index in [-0.39, 0.29) is 6.85 Å². The van der Waals surface area contributed by atoms with Crippen molar-refractivity contribution in [1.29, 1.82) is 0 Å². The smallest absolute Gasteiger partial charge is 0.413 e. The first kappa shape index (κ1) is 16.9. The zero-order valence-corrected chi connectivity index (χ0v) is 16.4. The number of benzene rings is 2. The molecule has 1 aliphatic rings. The third-order valence-electron chi connectivity index (χ3n) is 5.67. The zero-order valence-electron chi connectivity index (χ0n) is 16.4. The molecule has 0 fully saturated rings. The Balaban J connectivity index is 1.66. The van der Waals surface area contributed by atoms with E-state index in [0.29, 0.717) is 0 Å². The van der Waals surface area contributed by atoms with E-state index in [4.69, 9.17) is 4.42 Å². The van der Waals surface area contributed by atoms with Gasteiger partial charge in [-0.2, -0.15) is 0 Å². The number of fused-ring (bicyclic) bond motifs is 3. The van der Waals surface area contributed by atoms with Crippen molar-refractivity contribution in [3.63, 3.8) is 0 Å². The molecule has 0 spiro atoms. The monoisotopic (exact) mass is 365 g/mol. The van der Waals surface area contributed by atoms with E-state index in [9.17, 15) is 0 Å². The number of anilines is 1. The molecule has 136 valence electrons. The second kappa shape index (κ2) is 6.41. The van der Waals surface area contributed by atoms with E-state index >= 15 is 0 Å². The topological polar surface area (TPSA) is 20.3 Å². The van der Waals surface area contributed by atoms with Crippen LogP contribution in [-0.2, 0) is 7.05 Å². The van der Waals surface area contributed by atoms with Crippen LogP contribution in [0.5, 0.6) is 0 Å². The molecular weight excluding hydrogens is 343 g/mol. The number of rotatable bonds is 2. The third-order valence-corrected chi connectivity index (χ3v) is 5.67. The van der Waals surface area contributed by atoms with Crippen molar-refractivity contribution in [2.45, 2.75) is 13.7 Å². The summed E-state index contributed by atoms with van der Waals surface area (Å²) in [7, 11) is 2.10. The number of nitrogens with zero attached hydrogens (tertiary/aromatic N) is 2. The van der Waals surface area contributed by atoms with Crippen LogP contribution in [0.4, 0.5) is 5.82 Å². The number of para-hydroxylation sites is 1. The Hall–Kier alpha value is -3.27. The molecule has 2 aromatic heterocycles. The molecule has 5 rings (SSSR count). The van der Waals surface area contributed by atoms with Crippen molar-refractivity contribution in [1.82, 2.24) is 0 Å². The van der Waals surface area contributed by atoms with Gasteiger partial charge >= 0.3 is 6.85 Å². The van der Waals surface area contributed by atoms with E-state index in [1.54, 1.807) is 0 Å². The molecule has 0 aliphatic carbocycles. The summed E-state index contributed by atoms with van der Waals surface area (Å²) in [6.45, 7) is 4.59. The van der Waals surface area contributed by atoms with E-state index in [0.717, 1.165) is 11.3 Å². The molecule has 4 aromatic rings. The molecule has 4 heteroatoms. The maximum atomic E-state index is 6.13. The zero-order chi connectivity index (χ0) is 19.3. The molecule has 1 aliphatic heterocycles. The average Bonchev–Trinajstić information content (AvgIpc) is 3.08. The number of pyridine rings is 1. The largest absolute Gasteiger partial charge is 0.457 e. The van der Waals surface area contributed by atoms with E-state index in [1.165, 1.54) is 33.5 Å². The highest BCUT2D eigenvalue weighted by Gasteiger charge is 2.40. The molecule has 0 saturated carbocycles. The highest BCUT2D eigenvalue weighted by molar-refractivity contribution is 6.79. The second-order valence-corrected chi connectivity index (χ2v) is 7.46. The maximum absolute atomic E-state index is 6.13. The molecule has 3 nitrogen and oxygen atoms in total. The van der Waals surface area contributed by atoms with Gasteiger partial charge in [-0.25, -0.2) is 4.57 Å². The predicted octanol–water partition coefficient (Wildman–Crippen LogP) is 4.63. The summed E-state index contributed by atoms with van der Waals surface area (Å²) in [5.41, 5.74) is 5.83. The molecule has 2 aromatic carbocycles. The van der Waals surface area contributed by atoms with Crippen LogP contribution in [0, 0.1) is 0 Å². The number of hydrogen-bond donors (Lipinski definition) is 0. The van der Waals surface area contributed by atoms with Gasteiger partial charge in [0.1, 0.15) is 11.3 Å². The first-order valence-electron chi connectivity index (χ1n) is 9.67. The van der Waals surface area contributed by atoms with Crippen LogP contribution >= 0.6 is 0 Å². The molecule has 0 atom stereocenters. The van der Waals surface area contributed by atoms with Crippen LogP contribution < -0.4 is 14.8 Å². The lowest BCUT2D eigenvalue weighted by Gasteiger charge is -2.26. The third kappa shape index (κ3) is 2.56. The quantitative estimate of drug-likeness (QED) is 0.381. The number of aromatic nitrogens is 1. The van der Waals surface area contributed by atoms with Crippen LogP contribution in [0.15, 0.2) is 83.0 Å². The molecule has 0 N–H and O–H groups in total. The van der Waals surface area contributed by atoms with Gasteiger partial charge in [-0.3, -0.25) is 4.81 Å². The van der Waals surface area contributed by atoms with Gasteiger partial charge in [0.2, 0.25) is 0 Å². The van der Waals surface area contributed by atoms with E-state index in [2.05, 4.69) is 97.0 Å². The fourth-order valence-electron chi connectivity index (χ4n) is 4.30. The summed E-state index contributed by atoms with van der Waals surface area (Å²) >= 11 is 0. The van der Waals surface area contributed by atoms with Crippen LogP contribution in [0.3, 0.4) is 0 Å². The Kier molecular flexibility index (Phi) is 3.87. The van der Waals surface area contributed by atoms with Gasteiger partial charge < -0.3 is 4.42 Å². The molecule has 0 saturated heterocycles. The Morgan fingerprint density at radius 2 is 1.68 bits per heavy atom. The lowest BCUT2D eigenvalue weighted by Crippen LogP contribution is -2.52. The van der Waals surface area contributed by atoms with E-state index in [1.807, 2.05) is 12.1 Å². The Morgan fingerprint density at radius 1 is 0.929 bits per heavy atom. The summed E-state index contributed by atoms with van der Waals surface area (Å²) in [5, 5.41) is 1.20. The minimum Gasteiger partial charge on any atom is -0.457 e. The summed E-state index contributed by atoms with van der Waals surface area (Å²) < 4.78 is 8.32. The van der Waals surface area contributed by atoms with E-state index < -0.39 is 0 Å². The van der Waals surface area contributed by atoms with Crippen molar-refractivity contribution in [2.75, 3.05) is 4.81 Å². The number of allylic oxidation sites excluding steroid dienone is 1. The highest BCUT2D eigenvalue weighted by Crippen LogP contribution is 2.30. The Labute approximate surface area is 165 Å². The van der Waals surface area contributed by atoms with Crippen molar-refractivity contribution in [2.24, 2.45) is 7.05 Å². The maximum Gasteiger partial charge on any atom is 0.413 e. The molecule has 0 bridgehead atoms. The van der Waals surface area contributed by atoms with Gasteiger partial charge in [0, 0.05) is 23.0 Å². The van der Waals surface area contributed by atoms with Crippen LogP contribution in [0.2, 0.25) is 6.82 Å². The standard InChI is InChI=1S/C24H22BN2O/c1-17-15-22-24(20-11-7-8-12-21(20)28-22)25(2)27(17)23-16-19(13-14-26(23)3)18-9-5-4-6-10-18/h4-16H,1-3H3/q+1. The number of hydrogen-bond acceptors (Lipinski definition) is 2. The first-order chi connectivity index (χ1) is 13.6. The highest BCUT2D eigenvalue weighted by atomic mass is 16.3. The van der Waals surface area contributed by atoms with Gasteiger partial charge in [0.25, 0.3) is 5.82 Å². The summed E-state index contributed by atoms with van der Waals surface area (Å²) in [6, 6.07) is 23.3. The van der Waals surface area contributed by atoms with Gasteiger partial charge in [0.15, 0.2) is 0 Å². The van der Waals surface area contributed by atoms with Crippen molar-refractivity contribution in [3.05, 3.63) is 84.4 Å². The van der Waals surface area contributed by atoms with Gasteiger partial charge in [0.05, 0.1) is 18.9 Å². The van der Waals surface area contributed by atoms with Crippen LogP contribution in [0.1, 0.15) is 12.7 Å². The van der Waals surface area contributed by atoms with Crippen molar-refractivity contribution >= 4 is 35.2 Å². The number of furan rings is 1. The lowest BCUT2D eigenvalue weighted by atomic mass is 9.53. The van der Waals surface area contributed by atoms with Crippen molar-refractivity contribution in [3.8, 4) is 11.1 Å². The fraction of sp³-hybridized carbons (Fsp3) is 0.125. The SMILES string of the molecule is CB1c2c(oc3ccccc23)C=C(C)N1c1cc(-c2ccccc2)cc[n+]1C. The van der Waals surface area contributed by atoms with Gasteiger partial charge in [-0.05, 0) is 37.0 Å². The average molecular weight is 365 g/mol. The summed E-state index contributed by atoms with van der Waals surface area (Å²) in [4.78, 5) is 2.40. The predicted molar refractivity (Wildman–Crippen MR) is 117 cm³/mol. The molecule has 0 radical (unpaired) electrons. The minimum atomic E-state index is 0.181. The normalized spacial score (nSPS) is 13.6. The van der Waals surface area contributed by atoms with Crippen molar-refractivity contribution < 1.29 is 8.98 Å². The molecular formula is C24H22BN2O+. The van der Waals surface area contributed by atoms with Crippen LogP contribution in [0.25, 0.3) is 28.2 Å². The lowest BCUT2D eigenvalue weighted by molar-refractivity contribution is -0.658.